The first-order valence-electron chi connectivity index (χ1n) is 10.5. The third kappa shape index (κ3) is 4.94. The summed E-state index contributed by atoms with van der Waals surface area (Å²) in [6.45, 7) is 9.13. The van der Waals surface area contributed by atoms with Crippen LogP contribution in [0.3, 0.4) is 0 Å². The lowest BCUT2D eigenvalue weighted by Gasteiger charge is -2.25. The number of morpholine rings is 1. The van der Waals surface area contributed by atoms with Gasteiger partial charge in [-0.25, -0.2) is 9.97 Å². The molecule has 1 N–H and O–H groups in total. The molecule has 32 heavy (non-hydrogen) atoms. The summed E-state index contributed by atoms with van der Waals surface area (Å²) >= 11 is 4.87. The molecule has 0 bridgehead atoms. The average Bonchev–Trinajstić information content (AvgIpc) is 3.37. The van der Waals surface area contributed by atoms with Crippen molar-refractivity contribution >= 4 is 49.8 Å². The average molecular weight is 485 g/mol. The van der Waals surface area contributed by atoms with Crippen molar-refractivity contribution in [1.29, 1.82) is 0 Å². The molecule has 0 unspecified atom stereocenters. The number of nitrogens with one attached hydrogen (secondary N) is 1. The van der Waals surface area contributed by atoms with Gasteiger partial charge < -0.3 is 10.1 Å². The van der Waals surface area contributed by atoms with Crippen LogP contribution in [0.5, 0.6) is 0 Å². The van der Waals surface area contributed by atoms with Crippen molar-refractivity contribution in [3.63, 3.8) is 0 Å². The summed E-state index contributed by atoms with van der Waals surface area (Å²) in [6, 6.07) is 10.3. The van der Waals surface area contributed by atoms with Gasteiger partial charge >= 0.3 is 0 Å². The maximum Gasteiger partial charge on any atom is 0.206 e. The highest BCUT2D eigenvalue weighted by atomic mass is 32.2. The van der Waals surface area contributed by atoms with Crippen LogP contribution in [0.4, 0.5) is 5.13 Å². The molecule has 166 valence electrons. The Balaban J connectivity index is 1.37. The van der Waals surface area contributed by atoms with E-state index in [0.717, 1.165) is 69.9 Å². The van der Waals surface area contributed by atoms with Crippen LogP contribution in [0.25, 0.3) is 10.2 Å². The molecule has 1 fully saturated rings. The first-order valence-corrected chi connectivity index (χ1v) is 13.0. The van der Waals surface area contributed by atoms with E-state index >= 15 is 0 Å². The van der Waals surface area contributed by atoms with E-state index in [2.05, 4.69) is 46.4 Å². The molecule has 3 aromatic heterocycles. The lowest BCUT2D eigenvalue weighted by atomic mass is 10.2. The Bertz CT molecular complexity index is 1200. The molecule has 1 aliphatic rings. The minimum atomic E-state index is 0.727. The third-order valence-electron chi connectivity index (χ3n) is 5.39. The van der Waals surface area contributed by atoms with Crippen molar-refractivity contribution in [2.75, 3.05) is 31.6 Å². The molecule has 4 heterocycles. The number of thiophene rings is 1. The van der Waals surface area contributed by atoms with E-state index in [0.29, 0.717) is 0 Å². The minimum Gasteiger partial charge on any atom is -0.379 e. The molecular formula is C22H24N6OS3. The number of hydrogen-bond donors (Lipinski definition) is 1. The Morgan fingerprint density at radius 3 is 2.69 bits per heavy atom. The molecule has 0 saturated carbocycles. The summed E-state index contributed by atoms with van der Waals surface area (Å²) < 4.78 is 6.35. The summed E-state index contributed by atoms with van der Waals surface area (Å²) in [5, 5.41) is 15.0. The Morgan fingerprint density at radius 1 is 1.06 bits per heavy atom. The quantitative estimate of drug-likeness (QED) is 0.377. The van der Waals surface area contributed by atoms with Crippen LogP contribution in [-0.2, 0) is 17.8 Å². The largest absolute Gasteiger partial charge is 0.379 e. The van der Waals surface area contributed by atoms with Crippen molar-refractivity contribution in [2.24, 2.45) is 0 Å². The van der Waals surface area contributed by atoms with E-state index in [1.807, 2.05) is 18.2 Å². The number of ether oxygens (including phenoxy) is 1. The molecule has 4 aromatic rings. The monoisotopic (exact) mass is 484 g/mol. The van der Waals surface area contributed by atoms with E-state index in [1.165, 1.54) is 16.0 Å². The van der Waals surface area contributed by atoms with Gasteiger partial charge in [0.1, 0.15) is 15.7 Å². The SMILES string of the molecule is Cc1sc2nc(CN3CCOCC3)nc(Sc3nnc(NCc4ccccc4)s3)c2c1C. The fourth-order valence-electron chi connectivity index (χ4n) is 3.54. The number of hydrogen-bond acceptors (Lipinski definition) is 10. The molecule has 0 radical (unpaired) electrons. The van der Waals surface area contributed by atoms with Crippen molar-refractivity contribution < 1.29 is 4.74 Å². The lowest BCUT2D eigenvalue weighted by molar-refractivity contribution is 0.0330. The number of aryl methyl sites for hydroxylation is 2. The van der Waals surface area contributed by atoms with Crippen molar-refractivity contribution in [3.05, 3.63) is 52.2 Å². The second-order valence-electron chi connectivity index (χ2n) is 7.61. The zero-order chi connectivity index (χ0) is 21.9. The smallest absolute Gasteiger partial charge is 0.206 e. The number of aromatic nitrogens is 4. The fourth-order valence-corrected chi connectivity index (χ4v) is 6.51. The van der Waals surface area contributed by atoms with E-state index in [1.54, 1.807) is 34.4 Å². The standard InChI is InChI=1S/C22H24N6OS3/c1-14-15(2)30-19-18(14)20(25-17(24-19)13-28-8-10-29-11-9-28)31-22-27-26-21(32-22)23-12-16-6-4-3-5-7-16/h3-7H,8-13H2,1-2H3,(H,23,26). The number of rotatable bonds is 7. The fraction of sp³-hybridized carbons (Fsp3) is 0.364. The molecule has 10 heteroatoms. The normalized spacial score (nSPS) is 14.8. The van der Waals surface area contributed by atoms with Gasteiger partial charge in [-0.2, -0.15) is 0 Å². The number of anilines is 1. The van der Waals surface area contributed by atoms with Gasteiger partial charge in [0.05, 0.1) is 19.8 Å². The van der Waals surface area contributed by atoms with Crippen LogP contribution < -0.4 is 5.32 Å². The number of nitrogens with zero attached hydrogens (tertiary/aromatic N) is 5. The van der Waals surface area contributed by atoms with Gasteiger partial charge in [-0.15, -0.1) is 21.5 Å². The van der Waals surface area contributed by atoms with Crippen molar-refractivity contribution in [1.82, 2.24) is 25.1 Å². The first kappa shape index (κ1) is 21.7. The Labute approximate surface area is 199 Å². The van der Waals surface area contributed by atoms with E-state index < -0.39 is 0 Å². The minimum absolute atomic E-state index is 0.727. The van der Waals surface area contributed by atoms with Gasteiger partial charge in [-0.1, -0.05) is 41.7 Å². The van der Waals surface area contributed by atoms with Gasteiger partial charge in [0.25, 0.3) is 0 Å². The molecule has 0 spiro atoms. The zero-order valence-corrected chi connectivity index (χ0v) is 20.4. The van der Waals surface area contributed by atoms with Crippen LogP contribution >= 0.6 is 34.4 Å². The zero-order valence-electron chi connectivity index (χ0n) is 18.0. The second kappa shape index (κ2) is 9.80. The van der Waals surface area contributed by atoms with Crippen molar-refractivity contribution in [2.45, 2.75) is 36.3 Å². The van der Waals surface area contributed by atoms with E-state index in [4.69, 9.17) is 14.7 Å². The topological polar surface area (TPSA) is 76.1 Å². The van der Waals surface area contributed by atoms with Gasteiger partial charge in [0, 0.05) is 29.9 Å². The highest BCUT2D eigenvalue weighted by molar-refractivity contribution is 8.01. The Morgan fingerprint density at radius 2 is 1.88 bits per heavy atom. The third-order valence-corrected chi connectivity index (χ3v) is 8.41. The van der Waals surface area contributed by atoms with Crippen LogP contribution in [0.1, 0.15) is 21.8 Å². The summed E-state index contributed by atoms with van der Waals surface area (Å²) in [7, 11) is 0. The first-order chi connectivity index (χ1) is 15.7. The van der Waals surface area contributed by atoms with Gasteiger partial charge in [0.15, 0.2) is 4.34 Å². The van der Waals surface area contributed by atoms with Gasteiger partial charge in [0.2, 0.25) is 5.13 Å². The van der Waals surface area contributed by atoms with Crippen LogP contribution in [-0.4, -0.2) is 51.4 Å². The molecule has 0 aliphatic carbocycles. The van der Waals surface area contributed by atoms with Gasteiger partial charge in [-0.05, 0) is 36.7 Å². The number of benzene rings is 1. The summed E-state index contributed by atoms with van der Waals surface area (Å²) in [5.41, 5.74) is 2.46. The Kier molecular flexibility index (Phi) is 6.65. The molecule has 7 nitrogen and oxygen atoms in total. The lowest BCUT2D eigenvalue weighted by Crippen LogP contribution is -2.36. The van der Waals surface area contributed by atoms with Crippen LogP contribution in [0, 0.1) is 13.8 Å². The number of fused-ring (bicyclic) bond motifs is 1. The molecular weight excluding hydrogens is 460 g/mol. The molecule has 1 saturated heterocycles. The highest BCUT2D eigenvalue weighted by Gasteiger charge is 2.19. The molecule has 0 atom stereocenters. The second-order valence-corrected chi connectivity index (χ2v) is 11.0. The molecule has 0 amide bonds. The maximum atomic E-state index is 5.48. The molecule has 1 aliphatic heterocycles. The maximum absolute atomic E-state index is 5.48. The van der Waals surface area contributed by atoms with E-state index in [-0.39, 0.29) is 0 Å². The summed E-state index contributed by atoms with van der Waals surface area (Å²) in [5.74, 6) is 0.857. The Hall–Kier alpha value is -2.11. The summed E-state index contributed by atoms with van der Waals surface area (Å²) in [6.07, 6.45) is 0. The predicted molar refractivity (Wildman–Crippen MR) is 131 cm³/mol. The molecule has 1 aromatic carbocycles. The van der Waals surface area contributed by atoms with Crippen LogP contribution in [0.15, 0.2) is 39.7 Å². The summed E-state index contributed by atoms with van der Waals surface area (Å²) in [4.78, 5) is 14.5. The molecule has 5 rings (SSSR count). The van der Waals surface area contributed by atoms with Gasteiger partial charge in [-0.3, -0.25) is 4.90 Å². The van der Waals surface area contributed by atoms with E-state index in [9.17, 15) is 0 Å². The van der Waals surface area contributed by atoms with Crippen molar-refractivity contribution in [3.8, 4) is 0 Å². The van der Waals surface area contributed by atoms with Crippen LogP contribution in [0.2, 0.25) is 0 Å². The highest BCUT2D eigenvalue weighted by Crippen LogP contribution is 2.39. The predicted octanol–water partition coefficient (Wildman–Crippen LogP) is 4.76.